The Kier molecular flexibility index (Phi) is 4.66. The van der Waals surface area contributed by atoms with E-state index in [-0.39, 0.29) is 0 Å². The van der Waals surface area contributed by atoms with Gasteiger partial charge in [0, 0.05) is 28.5 Å². The molecule has 0 spiro atoms. The van der Waals surface area contributed by atoms with Crippen LogP contribution >= 0.6 is 0 Å². The van der Waals surface area contributed by atoms with Crippen LogP contribution in [0.15, 0.2) is 120 Å². The summed E-state index contributed by atoms with van der Waals surface area (Å²) >= 11 is 0. The van der Waals surface area contributed by atoms with Gasteiger partial charge in [0.05, 0.1) is 11.0 Å². The van der Waals surface area contributed by atoms with E-state index in [0.29, 0.717) is 5.82 Å². The second-order valence-electron chi connectivity index (χ2n) is 8.23. The van der Waals surface area contributed by atoms with Crippen molar-refractivity contribution in [2.45, 2.75) is 6.42 Å². The number of benzene rings is 4. The fraction of sp³-hybridized carbons (Fsp3) is 0.0333. The Hall–Kier alpha value is -4.37. The minimum absolute atomic E-state index is 0.623. The Bertz CT molecular complexity index is 1630. The average molecular weight is 426 g/mol. The van der Waals surface area contributed by atoms with E-state index in [9.17, 15) is 0 Å². The molecule has 4 aromatic carbocycles. The third kappa shape index (κ3) is 3.26. The second-order valence-corrected chi connectivity index (χ2v) is 8.23. The lowest BCUT2D eigenvalue weighted by Crippen LogP contribution is -2.10. The van der Waals surface area contributed by atoms with Crippen LogP contribution in [0.2, 0.25) is 0 Å². The highest BCUT2D eigenvalue weighted by Crippen LogP contribution is 2.37. The van der Waals surface area contributed by atoms with E-state index in [1.807, 2.05) is 30.4 Å². The fourth-order valence-corrected chi connectivity index (χ4v) is 4.70. The van der Waals surface area contributed by atoms with Crippen molar-refractivity contribution < 1.29 is 0 Å². The van der Waals surface area contributed by atoms with Crippen LogP contribution in [-0.2, 0) is 0 Å². The standard InChI is InChI=1S/C30H23N3/c31-30(29(22-12-3-1-4-13-22)32-23-14-5-2-6-15-23)33-26-18-10-9-17-25(26)28-24-16-8-7-11-21(24)19-20-27(28)33/h1-14,16-20H,15,31H2/b30-29+,32-23?. The first-order valence-corrected chi connectivity index (χ1v) is 11.2. The maximum atomic E-state index is 7.00. The summed E-state index contributed by atoms with van der Waals surface area (Å²) in [5.74, 6) is 0.623. The van der Waals surface area contributed by atoms with Crippen molar-refractivity contribution in [3.8, 4) is 0 Å². The maximum Gasteiger partial charge on any atom is 0.135 e. The van der Waals surface area contributed by atoms with Gasteiger partial charge in [0.15, 0.2) is 0 Å². The number of aromatic nitrogens is 1. The molecule has 158 valence electrons. The Labute approximate surface area is 192 Å². The number of nitrogens with two attached hydrogens (primary N) is 1. The molecule has 1 heterocycles. The monoisotopic (exact) mass is 425 g/mol. The number of hydrogen-bond donors (Lipinski definition) is 1. The van der Waals surface area contributed by atoms with Gasteiger partial charge < -0.3 is 5.73 Å². The van der Waals surface area contributed by atoms with Crippen molar-refractivity contribution in [1.29, 1.82) is 0 Å². The summed E-state index contributed by atoms with van der Waals surface area (Å²) in [7, 11) is 0. The molecule has 2 N–H and O–H groups in total. The molecule has 0 saturated carbocycles. The SMILES string of the molecule is N/C(=C(\N=C1C=CC=CC1)c1ccccc1)n1c2ccccc2c2c3ccccc3ccc21. The number of allylic oxidation sites excluding steroid dienone is 4. The topological polar surface area (TPSA) is 43.3 Å². The van der Waals surface area contributed by atoms with Gasteiger partial charge in [-0.3, -0.25) is 4.57 Å². The number of rotatable bonds is 3. The van der Waals surface area contributed by atoms with E-state index in [1.165, 1.54) is 21.5 Å². The average Bonchev–Trinajstić information content (AvgIpc) is 3.23. The molecule has 3 heteroatoms. The van der Waals surface area contributed by atoms with E-state index >= 15 is 0 Å². The van der Waals surface area contributed by atoms with E-state index in [1.54, 1.807) is 0 Å². The predicted octanol–water partition coefficient (Wildman–Crippen LogP) is 7.15. The molecule has 1 aliphatic carbocycles. The quantitative estimate of drug-likeness (QED) is 0.328. The van der Waals surface area contributed by atoms with Crippen LogP contribution in [0.1, 0.15) is 12.0 Å². The number of fused-ring (bicyclic) bond motifs is 5. The van der Waals surface area contributed by atoms with E-state index < -0.39 is 0 Å². The minimum atomic E-state index is 0.623. The van der Waals surface area contributed by atoms with Gasteiger partial charge in [0.1, 0.15) is 11.5 Å². The normalized spacial score (nSPS) is 15.6. The lowest BCUT2D eigenvalue weighted by Gasteiger charge is -2.14. The lowest BCUT2D eigenvalue weighted by molar-refractivity contribution is 1.17. The molecule has 33 heavy (non-hydrogen) atoms. The zero-order valence-corrected chi connectivity index (χ0v) is 18.1. The van der Waals surface area contributed by atoms with Crippen LogP contribution < -0.4 is 5.73 Å². The number of aliphatic imine (C=N–C) groups is 1. The van der Waals surface area contributed by atoms with Crippen LogP contribution in [-0.4, -0.2) is 10.3 Å². The molecule has 0 unspecified atom stereocenters. The first-order valence-electron chi connectivity index (χ1n) is 11.2. The van der Waals surface area contributed by atoms with Crippen LogP contribution in [0.3, 0.4) is 0 Å². The van der Waals surface area contributed by atoms with Crippen molar-refractivity contribution >= 4 is 49.8 Å². The smallest absolute Gasteiger partial charge is 0.135 e. The van der Waals surface area contributed by atoms with Gasteiger partial charge >= 0.3 is 0 Å². The summed E-state index contributed by atoms with van der Waals surface area (Å²) in [6.45, 7) is 0. The van der Waals surface area contributed by atoms with Crippen LogP contribution in [0.25, 0.3) is 44.1 Å². The molecule has 0 atom stereocenters. The Morgan fingerprint density at radius 1 is 0.727 bits per heavy atom. The molecule has 0 fully saturated rings. The molecule has 0 bridgehead atoms. The van der Waals surface area contributed by atoms with Crippen molar-refractivity contribution in [2.24, 2.45) is 10.7 Å². The summed E-state index contributed by atoms with van der Waals surface area (Å²) in [5, 5.41) is 4.85. The van der Waals surface area contributed by atoms with Crippen molar-refractivity contribution in [3.05, 3.63) is 121 Å². The molecular formula is C30H23N3. The lowest BCUT2D eigenvalue weighted by atomic mass is 10.0. The van der Waals surface area contributed by atoms with Gasteiger partial charge in [-0.2, -0.15) is 0 Å². The van der Waals surface area contributed by atoms with Crippen LogP contribution in [0.5, 0.6) is 0 Å². The first-order chi connectivity index (χ1) is 16.3. The molecule has 0 saturated heterocycles. The molecule has 0 amide bonds. The van der Waals surface area contributed by atoms with Gasteiger partial charge in [-0.05, 0) is 29.0 Å². The summed E-state index contributed by atoms with van der Waals surface area (Å²) in [5.41, 5.74) is 11.9. The number of para-hydroxylation sites is 1. The summed E-state index contributed by atoms with van der Waals surface area (Å²) < 4.78 is 2.16. The maximum absolute atomic E-state index is 7.00. The van der Waals surface area contributed by atoms with Gasteiger partial charge in [-0.25, -0.2) is 4.99 Å². The molecule has 1 aromatic heterocycles. The van der Waals surface area contributed by atoms with Gasteiger partial charge in [-0.15, -0.1) is 0 Å². The molecule has 0 aliphatic heterocycles. The Balaban J connectivity index is 1.72. The van der Waals surface area contributed by atoms with E-state index in [2.05, 4.69) is 89.5 Å². The minimum Gasteiger partial charge on any atom is -0.383 e. The summed E-state index contributed by atoms with van der Waals surface area (Å²) in [6, 6.07) is 31.5. The highest BCUT2D eigenvalue weighted by molar-refractivity contribution is 6.22. The molecule has 3 nitrogen and oxygen atoms in total. The Morgan fingerprint density at radius 2 is 1.48 bits per heavy atom. The summed E-state index contributed by atoms with van der Waals surface area (Å²) in [4.78, 5) is 5.05. The zero-order valence-electron chi connectivity index (χ0n) is 18.1. The zero-order chi connectivity index (χ0) is 22.2. The molecule has 0 radical (unpaired) electrons. The highest BCUT2D eigenvalue weighted by Gasteiger charge is 2.17. The third-order valence-electron chi connectivity index (χ3n) is 6.21. The second kappa shape index (κ2) is 7.95. The van der Waals surface area contributed by atoms with Crippen molar-refractivity contribution in [1.82, 2.24) is 4.57 Å². The molecule has 6 rings (SSSR count). The number of hydrogen-bond acceptors (Lipinski definition) is 2. The first kappa shape index (κ1) is 19.3. The van der Waals surface area contributed by atoms with Gasteiger partial charge in [0.25, 0.3) is 0 Å². The molecule has 1 aliphatic rings. The third-order valence-corrected chi connectivity index (χ3v) is 6.21. The van der Waals surface area contributed by atoms with Crippen LogP contribution in [0, 0.1) is 0 Å². The largest absolute Gasteiger partial charge is 0.383 e. The molecular weight excluding hydrogens is 402 g/mol. The van der Waals surface area contributed by atoms with Gasteiger partial charge in [0.2, 0.25) is 0 Å². The predicted molar refractivity (Wildman–Crippen MR) is 141 cm³/mol. The van der Waals surface area contributed by atoms with Crippen molar-refractivity contribution in [2.75, 3.05) is 0 Å². The van der Waals surface area contributed by atoms with Crippen molar-refractivity contribution in [3.63, 3.8) is 0 Å². The highest BCUT2D eigenvalue weighted by atomic mass is 15.1. The van der Waals surface area contributed by atoms with Crippen LogP contribution in [0.4, 0.5) is 0 Å². The van der Waals surface area contributed by atoms with E-state index in [0.717, 1.165) is 34.4 Å². The molecule has 5 aromatic rings. The van der Waals surface area contributed by atoms with Gasteiger partial charge in [-0.1, -0.05) is 97.1 Å². The fourth-order valence-electron chi connectivity index (χ4n) is 4.70. The summed E-state index contributed by atoms with van der Waals surface area (Å²) in [6.07, 6.45) is 9.03. The Morgan fingerprint density at radius 3 is 2.30 bits per heavy atom. The van der Waals surface area contributed by atoms with E-state index in [4.69, 9.17) is 10.7 Å². The number of nitrogens with zero attached hydrogens (tertiary/aromatic N) is 2.